The Labute approximate surface area is 273 Å². The highest BCUT2D eigenvalue weighted by Crippen LogP contribution is 2.33. The van der Waals surface area contributed by atoms with E-state index in [1.165, 1.54) is 55.2 Å². The third kappa shape index (κ3) is 6.89. The van der Waals surface area contributed by atoms with E-state index in [2.05, 4.69) is 79.3 Å². The van der Waals surface area contributed by atoms with Crippen molar-refractivity contribution in [3.05, 3.63) is 88.0 Å². The highest BCUT2D eigenvalue weighted by Gasteiger charge is 2.17. The summed E-state index contributed by atoms with van der Waals surface area (Å²) in [4.78, 5) is 18.3. The molecule has 0 aliphatic carbocycles. The lowest BCUT2D eigenvalue weighted by atomic mass is 10.0. The zero-order chi connectivity index (χ0) is 31.9. The summed E-state index contributed by atoms with van der Waals surface area (Å²) in [6.07, 6.45) is 22.2. The third-order valence-electron chi connectivity index (χ3n) is 9.32. The van der Waals surface area contributed by atoms with Crippen LogP contribution in [0.2, 0.25) is 0 Å². The predicted molar refractivity (Wildman–Crippen MR) is 196 cm³/mol. The number of phenols is 1. The number of unbranched alkanes of at least 4 members (excludes halogenated alkanes) is 6. The fourth-order valence-electron chi connectivity index (χ4n) is 6.76. The number of aromatic nitrogens is 4. The first-order valence-corrected chi connectivity index (χ1v) is 17.5. The number of hydrogen-bond acceptors (Lipinski definition) is 3. The summed E-state index contributed by atoms with van der Waals surface area (Å²) in [5.41, 5.74) is 14.4. The van der Waals surface area contributed by atoms with Gasteiger partial charge < -0.3 is 15.1 Å². The predicted octanol–water partition coefficient (Wildman–Crippen LogP) is 11.2. The highest BCUT2D eigenvalue weighted by molar-refractivity contribution is 5.94. The molecule has 2 aliphatic rings. The van der Waals surface area contributed by atoms with Gasteiger partial charge in [0.2, 0.25) is 0 Å². The molecule has 0 unspecified atom stereocenters. The van der Waals surface area contributed by atoms with Crippen molar-refractivity contribution in [2.45, 2.75) is 97.8 Å². The molecular weight excluding hydrogens is 564 g/mol. The fourth-order valence-corrected chi connectivity index (χ4v) is 6.76. The first-order chi connectivity index (χ1) is 22.6. The van der Waals surface area contributed by atoms with Crippen molar-refractivity contribution < 1.29 is 5.11 Å². The lowest BCUT2D eigenvalue weighted by molar-refractivity contribution is 0.475. The molecule has 0 fully saturated rings. The van der Waals surface area contributed by atoms with Crippen LogP contribution in [-0.2, 0) is 19.3 Å². The molecular formula is C41H48N4O. The van der Waals surface area contributed by atoms with E-state index in [-0.39, 0.29) is 5.75 Å². The zero-order valence-corrected chi connectivity index (χ0v) is 27.8. The van der Waals surface area contributed by atoms with E-state index in [0.29, 0.717) is 0 Å². The highest BCUT2D eigenvalue weighted by atomic mass is 16.3. The molecule has 0 radical (unpaired) electrons. The Kier molecular flexibility index (Phi) is 10.2. The van der Waals surface area contributed by atoms with Gasteiger partial charge in [0.25, 0.3) is 0 Å². The van der Waals surface area contributed by atoms with Crippen LogP contribution in [0, 0.1) is 0 Å². The van der Waals surface area contributed by atoms with Crippen molar-refractivity contribution in [2.24, 2.45) is 0 Å². The van der Waals surface area contributed by atoms with Crippen LogP contribution >= 0.6 is 0 Å². The van der Waals surface area contributed by atoms with Gasteiger partial charge in [-0.1, -0.05) is 71.4 Å². The monoisotopic (exact) mass is 612 g/mol. The molecule has 2 aliphatic heterocycles. The van der Waals surface area contributed by atoms with Crippen LogP contribution in [0.3, 0.4) is 0 Å². The molecule has 3 aromatic heterocycles. The van der Waals surface area contributed by atoms with Crippen LogP contribution in [0.4, 0.5) is 0 Å². The van der Waals surface area contributed by atoms with Crippen LogP contribution in [0.25, 0.3) is 57.5 Å². The quantitative estimate of drug-likeness (QED) is 0.114. The maximum Gasteiger partial charge on any atom is 0.115 e. The lowest BCUT2D eigenvalue weighted by Gasteiger charge is -2.06. The number of nitrogens with one attached hydrogen (secondary N) is 2. The molecule has 5 heteroatoms. The maximum atomic E-state index is 10.1. The minimum atomic E-state index is 0.261. The number of aromatic hydroxyl groups is 1. The number of rotatable bonds is 13. The fraction of sp³-hybridized carbons (Fsp3) is 0.366. The Balaban J connectivity index is 1.69. The zero-order valence-electron chi connectivity index (χ0n) is 27.8. The first kappa shape index (κ1) is 31.6. The molecule has 46 heavy (non-hydrogen) atoms. The third-order valence-corrected chi connectivity index (χ3v) is 9.32. The van der Waals surface area contributed by atoms with E-state index in [1.807, 2.05) is 12.1 Å². The number of aryl methyl sites for hydroxylation is 2. The van der Waals surface area contributed by atoms with E-state index in [4.69, 9.17) is 9.97 Å². The Morgan fingerprint density at radius 2 is 0.870 bits per heavy atom. The second-order valence-corrected chi connectivity index (χ2v) is 12.7. The first-order valence-electron chi connectivity index (χ1n) is 17.5. The summed E-state index contributed by atoms with van der Waals surface area (Å²) in [6.45, 7) is 6.77. The van der Waals surface area contributed by atoms with Gasteiger partial charge in [0.1, 0.15) is 5.75 Å². The summed E-state index contributed by atoms with van der Waals surface area (Å²) in [5, 5.41) is 10.1. The van der Waals surface area contributed by atoms with Crippen LogP contribution < -0.4 is 0 Å². The molecule has 6 rings (SSSR count). The summed E-state index contributed by atoms with van der Waals surface area (Å²) < 4.78 is 0. The van der Waals surface area contributed by atoms with Gasteiger partial charge in [-0.3, -0.25) is 0 Å². The van der Waals surface area contributed by atoms with Crippen LogP contribution in [-0.4, -0.2) is 25.0 Å². The molecule has 5 heterocycles. The van der Waals surface area contributed by atoms with Crippen molar-refractivity contribution >= 4 is 46.4 Å². The molecule has 0 amide bonds. The summed E-state index contributed by atoms with van der Waals surface area (Å²) in [7, 11) is 0. The van der Waals surface area contributed by atoms with E-state index >= 15 is 0 Å². The van der Waals surface area contributed by atoms with E-state index < -0.39 is 0 Å². The molecule has 0 spiro atoms. The van der Waals surface area contributed by atoms with Crippen molar-refractivity contribution in [1.82, 2.24) is 19.9 Å². The normalized spacial score (nSPS) is 12.3. The Bertz CT molecular complexity index is 1780. The molecule has 5 nitrogen and oxygen atoms in total. The summed E-state index contributed by atoms with van der Waals surface area (Å²) in [5.74, 6) is 0.261. The van der Waals surface area contributed by atoms with Gasteiger partial charge in [0.05, 0.1) is 22.8 Å². The topological polar surface area (TPSA) is 77.6 Å². The average molecular weight is 613 g/mol. The van der Waals surface area contributed by atoms with Crippen LogP contribution in [0.1, 0.15) is 118 Å². The Morgan fingerprint density at radius 1 is 0.478 bits per heavy atom. The van der Waals surface area contributed by atoms with E-state index in [0.717, 1.165) is 94.5 Å². The maximum absolute atomic E-state index is 10.1. The largest absolute Gasteiger partial charge is 0.508 e. The number of hydrogen-bond donors (Lipinski definition) is 3. The Morgan fingerprint density at radius 3 is 1.30 bits per heavy atom. The second-order valence-electron chi connectivity index (χ2n) is 12.7. The van der Waals surface area contributed by atoms with Gasteiger partial charge in [-0.05, 0) is 105 Å². The standard InChI is InChI=1S/C41H48N4O/c1-4-7-10-13-30-33-20-22-35(42-33)31(14-11-8-5-2)37-24-26-39(44-37)41(28-16-18-29(46)19-17-28)40-27-25-38(45-40)32(15-12-9-6-3)36-23-21-34(30)43-36/h16-27,44-46H,4-15H2,1-3H3. The van der Waals surface area contributed by atoms with Crippen LogP contribution in [0.15, 0.2) is 48.5 Å². The number of nitrogens with zero attached hydrogens (tertiary/aromatic N) is 2. The molecule has 0 saturated carbocycles. The second kappa shape index (κ2) is 14.8. The van der Waals surface area contributed by atoms with Gasteiger partial charge in [-0.15, -0.1) is 0 Å². The van der Waals surface area contributed by atoms with Gasteiger partial charge >= 0.3 is 0 Å². The summed E-state index contributed by atoms with van der Waals surface area (Å²) in [6, 6.07) is 16.3. The lowest BCUT2D eigenvalue weighted by Crippen LogP contribution is -1.97. The SMILES string of the molecule is CCCCCc1c2nc(c(CCCCC)c3ccc([nH]3)c(-c3ccc(O)cc3)c3ccc([nH]3)c(CCCCC)c3nc1C=C3)C=C2. The van der Waals surface area contributed by atoms with Gasteiger partial charge in [-0.2, -0.15) is 0 Å². The number of aromatic amines is 2. The van der Waals surface area contributed by atoms with Crippen molar-refractivity contribution in [2.75, 3.05) is 0 Å². The van der Waals surface area contributed by atoms with Crippen molar-refractivity contribution in [3.63, 3.8) is 0 Å². The minimum Gasteiger partial charge on any atom is -0.508 e. The van der Waals surface area contributed by atoms with Crippen molar-refractivity contribution in [3.8, 4) is 16.9 Å². The van der Waals surface area contributed by atoms with Crippen LogP contribution in [0.5, 0.6) is 5.75 Å². The number of phenolic OH excluding ortho intramolecular Hbond substituents is 1. The smallest absolute Gasteiger partial charge is 0.115 e. The average Bonchev–Trinajstić information content (AvgIpc) is 3.89. The Hall–Kier alpha value is -4.38. The van der Waals surface area contributed by atoms with Gasteiger partial charge in [-0.25, -0.2) is 9.97 Å². The molecule has 4 aromatic rings. The number of H-pyrrole nitrogens is 2. The molecule has 0 saturated heterocycles. The molecule has 8 bridgehead atoms. The molecule has 3 N–H and O–H groups in total. The molecule has 1 aromatic carbocycles. The van der Waals surface area contributed by atoms with Gasteiger partial charge in [0, 0.05) is 44.3 Å². The van der Waals surface area contributed by atoms with E-state index in [9.17, 15) is 5.11 Å². The number of fused-ring (bicyclic) bond motifs is 8. The molecule has 238 valence electrons. The van der Waals surface area contributed by atoms with Gasteiger partial charge in [0.15, 0.2) is 0 Å². The minimum absolute atomic E-state index is 0.261. The molecule has 0 atom stereocenters. The van der Waals surface area contributed by atoms with E-state index in [1.54, 1.807) is 12.1 Å². The summed E-state index contributed by atoms with van der Waals surface area (Å²) >= 11 is 0. The number of benzene rings is 1. The van der Waals surface area contributed by atoms with Crippen molar-refractivity contribution in [1.29, 1.82) is 0 Å².